The van der Waals surface area contributed by atoms with Crippen LogP contribution in [0.3, 0.4) is 0 Å². The second-order valence-corrected chi connectivity index (χ2v) is 4.41. The SMILES string of the molecule is COCC(C)NC(=O)N1CCC(C(=O)O)CC1. The van der Waals surface area contributed by atoms with E-state index >= 15 is 0 Å². The summed E-state index contributed by atoms with van der Waals surface area (Å²) >= 11 is 0. The highest BCUT2D eigenvalue weighted by Crippen LogP contribution is 2.17. The molecule has 98 valence electrons. The molecule has 1 saturated heterocycles. The van der Waals surface area contributed by atoms with Crippen molar-refractivity contribution in [2.45, 2.75) is 25.8 Å². The predicted molar refractivity (Wildman–Crippen MR) is 61.8 cm³/mol. The van der Waals surface area contributed by atoms with Crippen molar-refractivity contribution in [2.75, 3.05) is 26.8 Å². The largest absolute Gasteiger partial charge is 0.481 e. The Morgan fingerprint density at radius 2 is 2.06 bits per heavy atom. The van der Waals surface area contributed by atoms with E-state index in [1.54, 1.807) is 12.0 Å². The number of rotatable bonds is 4. The normalized spacial score (nSPS) is 18.8. The Hall–Kier alpha value is -1.30. The van der Waals surface area contributed by atoms with Gasteiger partial charge in [0.25, 0.3) is 0 Å². The van der Waals surface area contributed by atoms with Gasteiger partial charge in [0, 0.05) is 20.2 Å². The fourth-order valence-corrected chi connectivity index (χ4v) is 1.92. The molecule has 1 unspecified atom stereocenters. The van der Waals surface area contributed by atoms with Crippen LogP contribution in [0.1, 0.15) is 19.8 Å². The fraction of sp³-hybridized carbons (Fsp3) is 0.818. The summed E-state index contributed by atoms with van der Waals surface area (Å²) in [7, 11) is 1.58. The standard InChI is InChI=1S/C11H20N2O4/c1-8(7-17-2)12-11(16)13-5-3-9(4-6-13)10(14)15/h8-9H,3-7H2,1-2H3,(H,12,16)(H,14,15). The van der Waals surface area contributed by atoms with Crippen molar-refractivity contribution in [2.24, 2.45) is 5.92 Å². The fourth-order valence-electron chi connectivity index (χ4n) is 1.92. The molecule has 2 amide bonds. The third-order valence-electron chi connectivity index (χ3n) is 2.92. The maximum Gasteiger partial charge on any atom is 0.317 e. The van der Waals surface area contributed by atoms with Gasteiger partial charge in [-0.3, -0.25) is 4.79 Å². The molecular formula is C11H20N2O4. The molecule has 1 fully saturated rings. The molecule has 6 nitrogen and oxygen atoms in total. The first-order chi connectivity index (χ1) is 8.04. The zero-order valence-corrected chi connectivity index (χ0v) is 10.3. The van der Waals surface area contributed by atoms with Gasteiger partial charge in [-0.15, -0.1) is 0 Å². The van der Waals surface area contributed by atoms with Crippen LogP contribution < -0.4 is 5.32 Å². The lowest BCUT2D eigenvalue weighted by Crippen LogP contribution is -2.48. The van der Waals surface area contributed by atoms with Gasteiger partial charge >= 0.3 is 12.0 Å². The number of methoxy groups -OCH3 is 1. The van der Waals surface area contributed by atoms with Gasteiger partial charge in [0.05, 0.1) is 18.6 Å². The Balaban J connectivity index is 2.33. The van der Waals surface area contributed by atoms with Crippen molar-refractivity contribution in [3.63, 3.8) is 0 Å². The lowest BCUT2D eigenvalue weighted by atomic mass is 9.97. The van der Waals surface area contributed by atoms with Crippen LogP contribution in [0.2, 0.25) is 0 Å². The summed E-state index contributed by atoms with van der Waals surface area (Å²) in [5.74, 6) is -1.08. The van der Waals surface area contributed by atoms with E-state index in [0.29, 0.717) is 32.5 Å². The zero-order valence-electron chi connectivity index (χ0n) is 10.3. The number of urea groups is 1. The van der Waals surface area contributed by atoms with Crippen LogP contribution in [0.25, 0.3) is 0 Å². The first-order valence-corrected chi connectivity index (χ1v) is 5.81. The van der Waals surface area contributed by atoms with Crippen molar-refractivity contribution in [1.82, 2.24) is 10.2 Å². The number of nitrogens with zero attached hydrogens (tertiary/aromatic N) is 1. The minimum atomic E-state index is -0.766. The quantitative estimate of drug-likeness (QED) is 0.756. The number of ether oxygens (including phenoxy) is 1. The second kappa shape index (κ2) is 6.44. The molecule has 0 radical (unpaired) electrons. The maximum atomic E-state index is 11.8. The summed E-state index contributed by atoms with van der Waals surface area (Å²) in [5.41, 5.74) is 0. The molecule has 1 aliphatic rings. The Morgan fingerprint density at radius 1 is 1.47 bits per heavy atom. The van der Waals surface area contributed by atoms with E-state index in [-0.39, 0.29) is 18.0 Å². The van der Waals surface area contributed by atoms with Crippen molar-refractivity contribution in [1.29, 1.82) is 0 Å². The van der Waals surface area contributed by atoms with Gasteiger partial charge in [-0.05, 0) is 19.8 Å². The maximum absolute atomic E-state index is 11.8. The van der Waals surface area contributed by atoms with Crippen molar-refractivity contribution >= 4 is 12.0 Å². The minimum absolute atomic E-state index is 0.0373. The van der Waals surface area contributed by atoms with Crippen molar-refractivity contribution < 1.29 is 19.4 Å². The van der Waals surface area contributed by atoms with Crippen LogP contribution in [-0.4, -0.2) is 54.9 Å². The van der Waals surface area contributed by atoms with E-state index in [1.807, 2.05) is 6.92 Å². The summed E-state index contributed by atoms with van der Waals surface area (Å²) < 4.78 is 4.93. The van der Waals surface area contributed by atoms with Crippen LogP contribution in [0.5, 0.6) is 0 Å². The molecule has 0 aromatic heterocycles. The number of likely N-dealkylation sites (tertiary alicyclic amines) is 1. The van der Waals surface area contributed by atoms with Crippen LogP contribution in [0, 0.1) is 5.92 Å². The van der Waals surface area contributed by atoms with Crippen molar-refractivity contribution in [3.05, 3.63) is 0 Å². The lowest BCUT2D eigenvalue weighted by molar-refractivity contribution is -0.143. The molecule has 1 heterocycles. The molecule has 1 rings (SSSR count). The van der Waals surface area contributed by atoms with Gasteiger partial charge in [0.2, 0.25) is 0 Å². The summed E-state index contributed by atoms with van der Waals surface area (Å²) in [6.07, 6.45) is 1.06. The smallest absolute Gasteiger partial charge is 0.317 e. The van der Waals surface area contributed by atoms with E-state index in [2.05, 4.69) is 5.32 Å². The highest BCUT2D eigenvalue weighted by Gasteiger charge is 2.27. The number of nitrogens with one attached hydrogen (secondary N) is 1. The number of carboxylic acid groups (broad SMARTS) is 1. The number of hydrogen-bond acceptors (Lipinski definition) is 3. The lowest BCUT2D eigenvalue weighted by Gasteiger charge is -2.31. The van der Waals surface area contributed by atoms with Gasteiger partial charge in [0.1, 0.15) is 0 Å². The van der Waals surface area contributed by atoms with Crippen molar-refractivity contribution in [3.8, 4) is 0 Å². The summed E-state index contributed by atoms with van der Waals surface area (Å²) in [6, 6.07) is -0.178. The van der Waals surface area contributed by atoms with Gasteiger partial charge in [-0.25, -0.2) is 4.79 Å². The van der Waals surface area contributed by atoms with E-state index in [0.717, 1.165) is 0 Å². The van der Waals surface area contributed by atoms with Crippen LogP contribution in [0.4, 0.5) is 4.79 Å². The number of carboxylic acids is 1. The summed E-state index contributed by atoms with van der Waals surface area (Å²) in [6.45, 7) is 3.34. The van der Waals surface area contributed by atoms with E-state index in [1.165, 1.54) is 0 Å². The summed E-state index contributed by atoms with van der Waals surface area (Å²) in [5, 5.41) is 11.7. The highest BCUT2D eigenvalue weighted by atomic mass is 16.5. The Morgan fingerprint density at radius 3 is 2.53 bits per heavy atom. The number of piperidine rings is 1. The van der Waals surface area contributed by atoms with E-state index in [4.69, 9.17) is 9.84 Å². The molecular weight excluding hydrogens is 224 g/mol. The van der Waals surface area contributed by atoms with E-state index < -0.39 is 5.97 Å². The van der Waals surface area contributed by atoms with Gasteiger partial charge in [-0.2, -0.15) is 0 Å². The molecule has 17 heavy (non-hydrogen) atoms. The molecule has 0 spiro atoms. The molecule has 1 atom stereocenters. The molecule has 1 aliphatic heterocycles. The Labute approximate surface area is 101 Å². The molecule has 0 bridgehead atoms. The third kappa shape index (κ3) is 4.22. The first kappa shape index (κ1) is 13.8. The van der Waals surface area contributed by atoms with Crippen LogP contribution in [-0.2, 0) is 9.53 Å². The monoisotopic (exact) mass is 244 g/mol. The van der Waals surface area contributed by atoms with Gasteiger partial charge in [-0.1, -0.05) is 0 Å². The average Bonchev–Trinajstić information content (AvgIpc) is 2.29. The topological polar surface area (TPSA) is 78.9 Å². The molecule has 2 N–H and O–H groups in total. The van der Waals surface area contributed by atoms with E-state index in [9.17, 15) is 9.59 Å². The van der Waals surface area contributed by atoms with Gasteiger partial charge < -0.3 is 20.1 Å². The highest BCUT2D eigenvalue weighted by molar-refractivity contribution is 5.75. The molecule has 0 aromatic rings. The second-order valence-electron chi connectivity index (χ2n) is 4.41. The first-order valence-electron chi connectivity index (χ1n) is 5.81. The van der Waals surface area contributed by atoms with Gasteiger partial charge in [0.15, 0.2) is 0 Å². The number of aliphatic carboxylic acids is 1. The Kier molecular flexibility index (Phi) is 5.21. The molecule has 0 saturated carbocycles. The number of hydrogen-bond donors (Lipinski definition) is 2. The number of carbonyl (C=O) groups excluding carboxylic acids is 1. The minimum Gasteiger partial charge on any atom is -0.481 e. The summed E-state index contributed by atoms with van der Waals surface area (Å²) in [4.78, 5) is 24.2. The molecule has 0 aliphatic carbocycles. The predicted octanol–water partition coefficient (Wildman–Crippen LogP) is 0.527. The number of carbonyl (C=O) groups is 2. The van der Waals surface area contributed by atoms with Crippen LogP contribution in [0.15, 0.2) is 0 Å². The Bertz CT molecular complexity index is 275. The molecule has 6 heteroatoms. The van der Waals surface area contributed by atoms with Crippen LogP contribution >= 0.6 is 0 Å². The third-order valence-corrected chi connectivity index (χ3v) is 2.92. The number of amides is 2. The molecule has 0 aromatic carbocycles. The average molecular weight is 244 g/mol. The zero-order chi connectivity index (χ0) is 12.8.